The van der Waals surface area contributed by atoms with Gasteiger partial charge in [-0.05, 0) is 31.2 Å². The Morgan fingerprint density at radius 1 is 1.38 bits per heavy atom. The molecule has 0 aliphatic carbocycles. The van der Waals surface area contributed by atoms with Crippen molar-refractivity contribution in [2.24, 2.45) is 0 Å². The Morgan fingerprint density at radius 3 is 2.81 bits per heavy atom. The molecule has 21 heavy (non-hydrogen) atoms. The molecule has 0 aliphatic rings. The summed E-state index contributed by atoms with van der Waals surface area (Å²) in [6.45, 7) is 1.71. The van der Waals surface area contributed by atoms with Crippen LogP contribution in [0.25, 0.3) is 0 Å². The van der Waals surface area contributed by atoms with Crippen molar-refractivity contribution in [2.75, 3.05) is 0 Å². The van der Waals surface area contributed by atoms with Crippen molar-refractivity contribution >= 4 is 5.97 Å². The summed E-state index contributed by atoms with van der Waals surface area (Å²) in [5.41, 5.74) is 1.40. The lowest BCUT2D eigenvalue weighted by Gasteiger charge is -2.11. The van der Waals surface area contributed by atoms with Crippen LogP contribution in [0, 0.1) is 24.1 Å². The minimum atomic E-state index is -1.03. The van der Waals surface area contributed by atoms with Crippen LogP contribution in [0.15, 0.2) is 36.4 Å². The van der Waals surface area contributed by atoms with Crippen LogP contribution in [0.2, 0.25) is 0 Å². The maximum absolute atomic E-state index is 13.0. The fourth-order valence-electron chi connectivity index (χ4n) is 1.94. The Morgan fingerprint density at radius 2 is 2.14 bits per heavy atom. The van der Waals surface area contributed by atoms with E-state index < -0.39 is 11.8 Å². The van der Waals surface area contributed by atoms with E-state index in [-0.39, 0.29) is 17.7 Å². The van der Waals surface area contributed by atoms with Gasteiger partial charge in [0.2, 0.25) is 0 Å². The van der Waals surface area contributed by atoms with Crippen LogP contribution in [0.4, 0.5) is 4.39 Å². The van der Waals surface area contributed by atoms with Gasteiger partial charge in [-0.25, -0.2) is 9.18 Å². The van der Waals surface area contributed by atoms with Gasteiger partial charge in [-0.15, -0.1) is 0 Å². The molecule has 5 heteroatoms. The number of aromatic carboxylic acids is 1. The SMILES string of the molecule is Cc1c(OCc2ccc(F)cc2C#N)cccc1C(=O)O. The molecule has 0 bridgehead atoms. The first-order valence-corrected chi connectivity index (χ1v) is 6.17. The number of carbonyl (C=O) groups is 1. The Labute approximate surface area is 121 Å². The van der Waals surface area contributed by atoms with Gasteiger partial charge >= 0.3 is 5.97 Å². The summed E-state index contributed by atoms with van der Waals surface area (Å²) in [6.07, 6.45) is 0. The van der Waals surface area contributed by atoms with Gasteiger partial charge in [-0.1, -0.05) is 12.1 Å². The van der Waals surface area contributed by atoms with E-state index >= 15 is 0 Å². The molecule has 0 atom stereocenters. The molecule has 2 rings (SSSR count). The molecular weight excluding hydrogens is 273 g/mol. The minimum absolute atomic E-state index is 0.0626. The first-order valence-electron chi connectivity index (χ1n) is 6.17. The Kier molecular flexibility index (Phi) is 4.19. The van der Waals surface area contributed by atoms with Crippen molar-refractivity contribution in [3.8, 4) is 11.8 Å². The third-order valence-corrected chi connectivity index (χ3v) is 3.09. The van der Waals surface area contributed by atoms with Crippen LogP contribution in [0.1, 0.15) is 27.0 Å². The predicted octanol–water partition coefficient (Wildman–Crippen LogP) is 3.28. The van der Waals surface area contributed by atoms with E-state index in [1.165, 1.54) is 18.2 Å². The van der Waals surface area contributed by atoms with Gasteiger partial charge in [0.25, 0.3) is 0 Å². The van der Waals surface area contributed by atoms with Crippen LogP contribution >= 0.6 is 0 Å². The molecule has 0 aromatic heterocycles. The average Bonchev–Trinajstić information content (AvgIpc) is 2.46. The molecular formula is C16H12FNO3. The summed E-state index contributed by atoms with van der Waals surface area (Å²) in [5.74, 6) is -1.10. The lowest BCUT2D eigenvalue weighted by Crippen LogP contribution is -2.04. The molecule has 2 aromatic carbocycles. The summed E-state index contributed by atoms with van der Waals surface area (Å²) in [5, 5.41) is 18.0. The van der Waals surface area contributed by atoms with Crippen molar-refractivity contribution in [2.45, 2.75) is 13.5 Å². The molecule has 0 aliphatic heterocycles. The molecule has 0 radical (unpaired) electrons. The van der Waals surface area contributed by atoms with Crippen LogP contribution < -0.4 is 4.74 Å². The van der Waals surface area contributed by atoms with Gasteiger partial charge in [0.05, 0.1) is 17.2 Å². The molecule has 0 fully saturated rings. The molecule has 0 spiro atoms. The van der Waals surface area contributed by atoms with Crippen LogP contribution in [-0.2, 0) is 6.61 Å². The van der Waals surface area contributed by atoms with E-state index in [2.05, 4.69) is 0 Å². The van der Waals surface area contributed by atoms with Gasteiger partial charge in [0.15, 0.2) is 0 Å². The second-order valence-electron chi connectivity index (χ2n) is 4.44. The van der Waals surface area contributed by atoms with Crippen molar-refractivity contribution < 1.29 is 19.0 Å². The number of carboxylic acids is 1. The standard InChI is InChI=1S/C16H12FNO3/c1-10-14(16(19)20)3-2-4-15(10)21-9-11-5-6-13(17)7-12(11)8-18/h2-7H,9H2,1H3,(H,19,20). The molecule has 4 nitrogen and oxygen atoms in total. The third kappa shape index (κ3) is 3.18. The number of halogens is 1. The highest BCUT2D eigenvalue weighted by Gasteiger charge is 2.12. The van der Waals surface area contributed by atoms with Crippen LogP contribution in [0.3, 0.4) is 0 Å². The third-order valence-electron chi connectivity index (χ3n) is 3.09. The van der Waals surface area contributed by atoms with E-state index in [9.17, 15) is 9.18 Å². The lowest BCUT2D eigenvalue weighted by molar-refractivity contribution is 0.0695. The van der Waals surface area contributed by atoms with E-state index in [1.54, 1.807) is 19.1 Å². The maximum Gasteiger partial charge on any atom is 0.336 e. The number of carboxylic acid groups (broad SMARTS) is 1. The zero-order chi connectivity index (χ0) is 15.4. The first kappa shape index (κ1) is 14.5. The fourth-order valence-corrected chi connectivity index (χ4v) is 1.94. The van der Waals surface area contributed by atoms with Gasteiger partial charge < -0.3 is 9.84 Å². The second-order valence-corrected chi connectivity index (χ2v) is 4.44. The Bertz CT molecular complexity index is 735. The smallest absolute Gasteiger partial charge is 0.336 e. The lowest BCUT2D eigenvalue weighted by atomic mass is 10.1. The number of hydrogen-bond acceptors (Lipinski definition) is 3. The molecule has 0 saturated heterocycles. The Hall–Kier alpha value is -2.87. The fraction of sp³-hybridized carbons (Fsp3) is 0.125. The molecule has 0 saturated carbocycles. The van der Waals surface area contributed by atoms with E-state index in [4.69, 9.17) is 15.1 Å². The van der Waals surface area contributed by atoms with Crippen LogP contribution in [-0.4, -0.2) is 11.1 Å². The average molecular weight is 285 g/mol. The second kappa shape index (κ2) is 6.06. The zero-order valence-corrected chi connectivity index (χ0v) is 11.3. The molecule has 1 N–H and O–H groups in total. The molecule has 2 aromatic rings. The molecule has 106 valence electrons. The molecule has 0 amide bonds. The van der Waals surface area contributed by atoms with Crippen molar-refractivity contribution in [3.63, 3.8) is 0 Å². The van der Waals surface area contributed by atoms with Crippen molar-refractivity contribution in [1.29, 1.82) is 5.26 Å². The maximum atomic E-state index is 13.0. The summed E-state index contributed by atoms with van der Waals surface area (Å²) < 4.78 is 18.6. The van der Waals surface area contributed by atoms with Gasteiger partial charge in [0, 0.05) is 11.1 Å². The highest BCUT2D eigenvalue weighted by atomic mass is 19.1. The monoisotopic (exact) mass is 285 g/mol. The number of nitrogens with zero attached hydrogens (tertiary/aromatic N) is 1. The highest BCUT2D eigenvalue weighted by molar-refractivity contribution is 5.90. The number of ether oxygens (including phenoxy) is 1. The summed E-state index contributed by atoms with van der Waals surface area (Å²) in [7, 11) is 0. The number of hydrogen-bond donors (Lipinski definition) is 1. The number of benzene rings is 2. The normalized spacial score (nSPS) is 9.95. The van der Waals surface area contributed by atoms with Gasteiger partial charge in [-0.2, -0.15) is 5.26 Å². The first-order chi connectivity index (χ1) is 10.0. The van der Waals surface area contributed by atoms with E-state index in [0.29, 0.717) is 16.9 Å². The minimum Gasteiger partial charge on any atom is -0.489 e. The van der Waals surface area contributed by atoms with Gasteiger partial charge in [0.1, 0.15) is 18.2 Å². The van der Waals surface area contributed by atoms with Crippen molar-refractivity contribution in [3.05, 3.63) is 64.5 Å². The molecule has 0 heterocycles. The number of rotatable bonds is 4. The van der Waals surface area contributed by atoms with Crippen molar-refractivity contribution in [1.82, 2.24) is 0 Å². The van der Waals surface area contributed by atoms with Crippen LogP contribution in [0.5, 0.6) is 5.75 Å². The summed E-state index contributed by atoms with van der Waals surface area (Å²) in [4.78, 5) is 11.0. The summed E-state index contributed by atoms with van der Waals surface area (Å²) in [6, 6.07) is 10.5. The predicted molar refractivity (Wildman–Crippen MR) is 73.6 cm³/mol. The topological polar surface area (TPSA) is 70.3 Å². The molecule has 0 unspecified atom stereocenters. The zero-order valence-electron chi connectivity index (χ0n) is 11.3. The quantitative estimate of drug-likeness (QED) is 0.935. The van der Waals surface area contributed by atoms with Gasteiger partial charge in [-0.3, -0.25) is 0 Å². The Balaban J connectivity index is 2.23. The van der Waals surface area contributed by atoms with E-state index in [1.807, 2.05) is 6.07 Å². The summed E-state index contributed by atoms with van der Waals surface area (Å²) >= 11 is 0. The highest BCUT2D eigenvalue weighted by Crippen LogP contribution is 2.23. The largest absolute Gasteiger partial charge is 0.489 e. The number of nitriles is 1. The van der Waals surface area contributed by atoms with E-state index in [0.717, 1.165) is 6.07 Å².